The van der Waals surface area contributed by atoms with Crippen molar-refractivity contribution in [3.63, 3.8) is 0 Å². The van der Waals surface area contributed by atoms with Crippen LogP contribution in [-0.4, -0.2) is 47.3 Å². The molecule has 130 valence electrons. The van der Waals surface area contributed by atoms with E-state index in [9.17, 15) is 5.11 Å². The Kier molecular flexibility index (Phi) is 6.45. The van der Waals surface area contributed by atoms with Crippen LogP contribution in [0.1, 0.15) is 62.1 Å². The Morgan fingerprint density at radius 2 is 2.04 bits per heavy atom. The zero-order valence-electron chi connectivity index (χ0n) is 14.3. The predicted octanol–water partition coefficient (Wildman–Crippen LogP) is 2.98. The molecule has 1 saturated carbocycles. The lowest BCUT2D eigenvalue weighted by atomic mass is 9.96. The molecule has 2 N–H and O–H groups in total. The average Bonchev–Trinajstić information content (AvgIpc) is 3.19. The van der Waals surface area contributed by atoms with Crippen LogP contribution in [0.4, 0.5) is 0 Å². The number of aliphatic hydroxyl groups excluding tert-OH is 1. The molecule has 2 aliphatic rings. The summed E-state index contributed by atoms with van der Waals surface area (Å²) in [6.45, 7) is 6.96. The van der Waals surface area contributed by atoms with Gasteiger partial charge in [0.1, 0.15) is 0 Å². The van der Waals surface area contributed by atoms with Crippen molar-refractivity contribution >= 4 is 11.3 Å². The second-order valence-corrected chi connectivity index (χ2v) is 8.27. The molecule has 0 bridgehead atoms. The Hall–Kier alpha value is -0.490. The molecule has 0 amide bonds. The van der Waals surface area contributed by atoms with Crippen LogP contribution in [0.2, 0.25) is 0 Å². The van der Waals surface area contributed by atoms with Gasteiger partial charge in [-0.25, -0.2) is 4.98 Å². The highest BCUT2D eigenvalue weighted by Gasteiger charge is 2.21. The number of β-amino-alcohol motifs (C(OH)–C–C–N with tert-alkyl or cyclic N) is 1. The standard InChI is InChI=1S/C18H31N3OS/c1-14(22)12-21-8-6-15(7-9-21)10-19-11-17-13-23-18(20-17)16-4-2-3-5-16/h13-16,19,22H,2-12H2,1H3. The van der Waals surface area contributed by atoms with Crippen LogP contribution in [0.25, 0.3) is 0 Å². The zero-order valence-corrected chi connectivity index (χ0v) is 15.2. The molecule has 4 nitrogen and oxygen atoms in total. The largest absolute Gasteiger partial charge is 0.392 e. The van der Waals surface area contributed by atoms with Gasteiger partial charge in [0, 0.05) is 24.4 Å². The first-order valence-electron chi connectivity index (χ1n) is 9.26. The van der Waals surface area contributed by atoms with E-state index >= 15 is 0 Å². The van der Waals surface area contributed by atoms with Crippen molar-refractivity contribution in [3.05, 3.63) is 16.1 Å². The van der Waals surface area contributed by atoms with Crippen LogP contribution in [0.5, 0.6) is 0 Å². The first kappa shape index (κ1) is 17.3. The van der Waals surface area contributed by atoms with Crippen molar-refractivity contribution in [1.29, 1.82) is 0 Å². The molecule has 0 spiro atoms. The Morgan fingerprint density at radius 3 is 2.74 bits per heavy atom. The fourth-order valence-corrected chi connectivity index (χ4v) is 4.91. The second-order valence-electron chi connectivity index (χ2n) is 7.38. The van der Waals surface area contributed by atoms with E-state index in [0.717, 1.165) is 44.6 Å². The lowest BCUT2D eigenvalue weighted by Gasteiger charge is -2.32. The monoisotopic (exact) mass is 337 g/mol. The van der Waals surface area contributed by atoms with E-state index in [1.807, 2.05) is 18.3 Å². The molecule has 2 fully saturated rings. The number of hydrogen-bond donors (Lipinski definition) is 2. The SMILES string of the molecule is CC(O)CN1CCC(CNCc2csc(C3CCCC3)n2)CC1. The van der Waals surface area contributed by atoms with Crippen molar-refractivity contribution in [2.45, 2.75) is 64.0 Å². The molecule has 1 unspecified atom stereocenters. The minimum atomic E-state index is -0.205. The van der Waals surface area contributed by atoms with Gasteiger partial charge in [-0.15, -0.1) is 11.3 Å². The summed E-state index contributed by atoms with van der Waals surface area (Å²) in [5.74, 6) is 1.51. The van der Waals surface area contributed by atoms with E-state index in [-0.39, 0.29) is 6.10 Å². The topological polar surface area (TPSA) is 48.4 Å². The summed E-state index contributed by atoms with van der Waals surface area (Å²) in [5.41, 5.74) is 1.23. The minimum absolute atomic E-state index is 0.205. The lowest BCUT2D eigenvalue weighted by Crippen LogP contribution is -2.40. The maximum atomic E-state index is 9.46. The van der Waals surface area contributed by atoms with Gasteiger partial charge < -0.3 is 15.3 Å². The molecule has 1 saturated heterocycles. The van der Waals surface area contributed by atoms with E-state index in [1.54, 1.807) is 0 Å². The number of aliphatic hydroxyl groups is 1. The van der Waals surface area contributed by atoms with Gasteiger partial charge >= 0.3 is 0 Å². The number of piperidine rings is 1. The molecular formula is C18H31N3OS. The van der Waals surface area contributed by atoms with Gasteiger partial charge in [0.05, 0.1) is 16.8 Å². The summed E-state index contributed by atoms with van der Waals surface area (Å²) in [6.07, 6.45) is 7.71. The lowest BCUT2D eigenvalue weighted by molar-refractivity contribution is 0.0998. The van der Waals surface area contributed by atoms with Gasteiger partial charge in [0.25, 0.3) is 0 Å². The number of thiazole rings is 1. The minimum Gasteiger partial charge on any atom is -0.392 e. The number of nitrogens with zero attached hydrogens (tertiary/aromatic N) is 2. The molecule has 23 heavy (non-hydrogen) atoms. The highest BCUT2D eigenvalue weighted by atomic mass is 32.1. The number of rotatable bonds is 7. The molecule has 2 heterocycles. The van der Waals surface area contributed by atoms with Gasteiger partial charge in [-0.05, 0) is 58.2 Å². The van der Waals surface area contributed by atoms with E-state index in [1.165, 1.54) is 49.2 Å². The van der Waals surface area contributed by atoms with Crippen molar-refractivity contribution < 1.29 is 5.11 Å². The summed E-state index contributed by atoms with van der Waals surface area (Å²) in [5, 5.41) is 16.7. The van der Waals surface area contributed by atoms with E-state index in [4.69, 9.17) is 4.98 Å². The van der Waals surface area contributed by atoms with Crippen molar-refractivity contribution in [3.8, 4) is 0 Å². The van der Waals surface area contributed by atoms with Gasteiger partial charge in [0.15, 0.2) is 0 Å². The van der Waals surface area contributed by atoms with Gasteiger partial charge in [-0.1, -0.05) is 12.8 Å². The quantitative estimate of drug-likeness (QED) is 0.803. The Morgan fingerprint density at radius 1 is 1.30 bits per heavy atom. The van der Waals surface area contributed by atoms with Gasteiger partial charge in [-0.2, -0.15) is 0 Å². The highest BCUT2D eigenvalue weighted by molar-refractivity contribution is 7.09. The average molecular weight is 338 g/mol. The van der Waals surface area contributed by atoms with E-state index in [0.29, 0.717) is 0 Å². The smallest absolute Gasteiger partial charge is 0.0959 e. The van der Waals surface area contributed by atoms with Crippen LogP contribution in [0, 0.1) is 5.92 Å². The van der Waals surface area contributed by atoms with E-state index in [2.05, 4.69) is 15.6 Å². The zero-order chi connectivity index (χ0) is 16.1. The van der Waals surface area contributed by atoms with Crippen molar-refractivity contribution in [1.82, 2.24) is 15.2 Å². The number of likely N-dealkylation sites (tertiary alicyclic amines) is 1. The second kappa shape index (κ2) is 8.56. The molecule has 3 rings (SSSR count). The van der Waals surface area contributed by atoms with Gasteiger partial charge in [0.2, 0.25) is 0 Å². The summed E-state index contributed by atoms with van der Waals surface area (Å²) in [7, 11) is 0. The number of aromatic nitrogens is 1. The molecule has 1 aliphatic carbocycles. The van der Waals surface area contributed by atoms with Crippen LogP contribution >= 0.6 is 11.3 Å². The summed E-state index contributed by atoms with van der Waals surface area (Å²) in [4.78, 5) is 7.22. The summed E-state index contributed by atoms with van der Waals surface area (Å²) < 4.78 is 0. The fraction of sp³-hybridized carbons (Fsp3) is 0.833. The first-order chi connectivity index (χ1) is 11.2. The first-order valence-corrected chi connectivity index (χ1v) is 10.1. The van der Waals surface area contributed by atoms with Crippen molar-refractivity contribution in [2.24, 2.45) is 5.92 Å². The Labute approximate surface area is 144 Å². The molecule has 0 aromatic carbocycles. The van der Waals surface area contributed by atoms with Crippen LogP contribution in [0.3, 0.4) is 0 Å². The van der Waals surface area contributed by atoms with Crippen molar-refractivity contribution in [2.75, 3.05) is 26.2 Å². The molecular weight excluding hydrogens is 306 g/mol. The third-order valence-corrected chi connectivity index (χ3v) is 6.30. The predicted molar refractivity (Wildman–Crippen MR) is 95.9 cm³/mol. The normalized spacial score (nSPS) is 22.7. The number of nitrogens with one attached hydrogen (secondary N) is 1. The van der Waals surface area contributed by atoms with Gasteiger partial charge in [-0.3, -0.25) is 0 Å². The Bertz CT molecular complexity index is 463. The highest BCUT2D eigenvalue weighted by Crippen LogP contribution is 2.35. The molecule has 1 aromatic heterocycles. The summed E-state index contributed by atoms with van der Waals surface area (Å²) >= 11 is 1.86. The van der Waals surface area contributed by atoms with E-state index < -0.39 is 0 Å². The molecule has 1 aliphatic heterocycles. The van der Waals surface area contributed by atoms with Crippen LogP contribution in [0.15, 0.2) is 5.38 Å². The molecule has 5 heteroatoms. The third kappa shape index (κ3) is 5.24. The molecule has 0 radical (unpaired) electrons. The number of hydrogen-bond acceptors (Lipinski definition) is 5. The van der Waals surface area contributed by atoms with Crippen LogP contribution in [-0.2, 0) is 6.54 Å². The summed E-state index contributed by atoms with van der Waals surface area (Å²) in [6, 6.07) is 0. The molecule has 1 atom stereocenters. The molecule has 1 aromatic rings. The third-order valence-electron chi connectivity index (χ3n) is 5.24. The van der Waals surface area contributed by atoms with Crippen LogP contribution < -0.4 is 5.32 Å². The fourth-order valence-electron chi connectivity index (χ4n) is 3.92. The maximum Gasteiger partial charge on any atom is 0.0959 e. The maximum absolute atomic E-state index is 9.46. The Balaban J connectivity index is 1.34.